The monoisotopic (exact) mass is 302 g/mol. The standard InChI is InChI=1S/C15H18N4O3/c1-4-19-13(20)8-10(14(19)21)16-9-5-6-11-12(7-9)18(3)15(22)17(11)2/h5-7,10,16H,4,8H2,1-3H3. The van der Waals surface area contributed by atoms with E-state index in [0.717, 1.165) is 16.7 Å². The van der Waals surface area contributed by atoms with Crippen molar-refractivity contribution in [3.05, 3.63) is 28.7 Å². The number of imide groups is 1. The van der Waals surface area contributed by atoms with Crippen LogP contribution in [0, 0.1) is 0 Å². The summed E-state index contributed by atoms with van der Waals surface area (Å²) in [5, 5.41) is 3.10. The van der Waals surface area contributed by atoms with E-state index in [9.17, 15) is 14.4 Å². The van der Waals surface area contributed by atoms with Crippen molar-refractivity contribution in [2.24, 2.45) is 14.1 Å². The maximum absolute atomic E-state index is 12.1. The van der Waals surface area contributed by atoms with Crippen LogP contribution in [0.5, 0.6) is 0 Å². The number of rotatable bonds is 3. The number of aryl methyl sites for hydroxylation is 2. The van der Waals surface area contributed by atoms with Gasteiger partial charge < -0.3 is 5.32 Å². The van der Waals surface area contributed by atoms with E-state index in [4.69, 9.17) is 0 Å². The second kappa shape index (κ2) is 5.01. The van der Waals surface area contributed by atoms with Gasteiger partial charge in [-0.05, 0) is 25.1 Å². The lowest BCUT2D eigenvalue weighted by atomic mass is 10.2. The Kier molecular flexibility index (Phi) is 3.27. The van der Waals surface area contributed by atoms with Crippen LogP contribution in [0.3, 0.4) is 0 Å². The van der Waals surface area contributed by atoms with Crippen LogP contribution in [0.15, 0.2) is 23.0 Å². The number of anilines is 1. The number of benzene rings is 1. The van der Waals surface area contributed by atoms with Crippen molar-refractivity contribution in [1.82, 2.24) is 14.0 Å². The molecule has 1 N–H and O–H groups in total. The number of likely N-dealkylation sites (N-methyl/N-ethyl adjacent to an activating group) is 1. The number of amides is 2. The van der Waals surface area contributed by atoms with Gasteiger partial charge in [-0.1, -0.05) is 0 Å². The van der Waals surface area contributed by atoms with E-state index in [1.165, 1.54) is 4.90 Å². The number of hydrogen-bond acceptors (Lipinski definition) is 4. The van der Waals surface area contributed by atoms with E-state index in [2.05, 4.69) is 5.32 Å². The van der Waals surface area contributed by atoms with Gasteiger partial charge in [0, 0.05) is 26.3 Å². The number of imidazole rings is 1. The van der Waals surface area contributed by atoms with Gasteiger partial charge in [-0.3, -0.25) is 23.6 Å². The Balaban J connectivity index is 1.92. The summed E-state index contributed by atoms with van der Waals surface area (Å²) in [6.45, 7) is 2.17. The fraction of sp³-hybridized carbons (Fsp3) is 0.400. The summed E-state index contributed by atoms with van der Waals surface area (Å²) in [7, 11) is 3.42. The summed E-state index contributed by atoms with van der Waals surface area (Å²) < 4.78 is 3.13. The van der Waals surface area contributed by atoms with E-state index >= 15 is 0 Å². The average Bonchev–Trinajstić information content (AvgIpc) is 2.89. The molecule has 22 heavy (non-hydrogen) atoms. The van der Waals surface area contributed by atoms with Crippen LogP contribution < -0.4 is 11.0 Å². The SMILES string of the molecule is CCN1C(=O)CC(Nc2ccc3c(c2)n(C)c(=O)n3C)C1=O. The van der Waals surface area contributed by atoms with Crippen molar-refractivity contribution in [3.8, 4) is 0 Å². The fourth-order valence-electron chi connectivity index (χ4n) is 2.93. The molecule has 0 aliphatic carbocycles. The highest BCUT2D eigenvalue weighted by molar-refractivity contribution is 6.06. The number of carbonyl (C=O) groups is 2. The quantitative estimate of drug-likeness (QED) is 0.835. The van der Waals surface area contributed by atoms with E-state index < -0.39 is 6.04 Å². The lowest BCUT2D eigenvalue weighted by molar-refractivity contribution is -0.138. The van der Waals surface area contributed by atoms with Gasteiger partial charge in [0.2, 0.25) is 5.91 Å². The molecule has 0 radical (unpaired) electrons. The largest absolute Gasteiger partial charge is 0.373 e. The van der Waals surface area contributed by atoms with Gasteiger partial charge in [-0.15, -0.1) is 0 Å². The van der Waals surface area contributed by atoms with E-state index in [1.54, 1.807) is 30.2 Å². The molecule has 2 aromatic rings. The Bertz CT molecular complexity index is 833. The molecule has 1 aromatic heterocycles. The summed E-state index contributed by atoms with van der Waals surface area (Å²) in [5.74, 6) is -0.354. The zero-order valence-electron chi connectivity index (χ0n) is 12.8. The van der Waals surface area contributed by atoms with Gasteiger partial charge in [0.1, 0.15) is 6.04 Å². The fourth-order valence-corrected chi connectivity index (χ4v) is 2.93. The normalized spacial score (nSPS) is 18.5. The molecule has 2 heterocycles. The maximum Gasteiger partial charge on any atom is 0.328 e. The second-order valence-electron chi connectivity index (χ2n) is 5.48. The van der Waals surface area contributed by atoms with Crippen LogP contribution in [0.1, 0.15) is 13.3 Å². The van der Waals surface area contributed by atoms with E-state index in [1.807, 2.05) is 18.2 Å². The molecule has 1 saturated heterocycles. The molecular formula is C15H18N4O3. The molecule has 1 unspecified atom stereocenters. The average molecular weight is 302 g/mol. The molecule has 1 aliphatic rings. The van der Waals surface area contributed by atoms with Crippen molar-refractivity contribution < 1.29 is 9.59 Å². The van der Waals surface area contributed by atoms with Crippen LogP contribution >= 0.6 is 0 Å². The second-order valence-corrected chi connectivity index (χ2v) is 5.48. The Morgan fingerprint density at radius 3 is 2.45 bits per heavy atom. The minimum Gasteiger partial charge on any atom is -0.373 e. The lowest BCUT2D eigenvalue weighted by Gasteiger charge is -2.14. The summed E-state index contributed by atoms with van der Waals surface area (Å²) in [6.07, 6.45) is 0.165. The Hall–Kier alpha value is -2.57. The first-order valence-corrected chi connectivity index (χ1v) is 7.20. The summed E-state index contributed by atoms with van der Waals surface area (Å²) in [4.78, 5) is 37.0. The summed E-state index contributed by atoms with van der Waals surface area (Å²) >= 11 is 0. The predicted octanol–water partition coefficient (Wildman–Crippen LogP) is 0.436. The van der Waals surface area contributed by atoms with Gasteiger partial charge in [-0.2, -0.15) is 0 Å². The minimum absolute atomic E-state index is 0.101. The van der Waals surface area contributed by atoms with Gasteiger partial charge in [-0.25, -0.2) is 4.79 Å². The third kappa shape index (κ3) is 2.01. The van der Waals surface area contributed by atoms with Gasteiger partial charge >= 0.3 is 5.69 Å². The first-order chi connectivity index (χ1) is 10.4. The van der Waals surface area contributed by atoms with Crippen molar-refractivity contribution >= 4 is 28.5 Å². The van der Waals surface area contributed by atoms with Crippen molar-refractivity contribution in [1.29, 1.82) is 0 Å². The van der Waals surface area contributed by atoms with Crippen LogP contribution in [0.4, 0.5) is 5.69 Å². The zero-order chi connectivity index (χ0) is 16.0. The van der Waals surface area contributed by atoms with Crippen LogP contribution in [0.2, 0.25) is 0 Å². The number of likely N-dealkylation sites (tertiary alicyclic amines) is 1. The third-order valence-electron chi connectivity index (χ3n) is 4.17. The highest BCUT2D eigenvalue weighted by Crippen LogP contribution is 2.21. The molecule has 116 valence electrons. The van der Waals surface area contributed by atoms with E-state index in [0.29, 0.717) is 6.54 Å². The summed E-state index contributed by atoms with van der Waals surface area (Å²) in [6, 6.07) is 4.93. The van der Waals surface area contributed by atoms with Gasteiger partial charge in [0.05, 0.1) is 17.5 Å². The van der Waals surface area contributed by atoms with E-state index in [-0.39, 0.29) is 23.9 Å². The van der Waals surface area contributed by atoms with Gasteiger partial charge in [0.15, 0.2) is 0 Å². The highest BCUT2D eigenvalue weighted by atomic mass is 16.2. The smallest absolute Gasteiger partial charge is 0.328 e. The Morgan fingerprint density at radius 1 is 1.14 bits per heavy atom. The maximum atomic E-state index is 12.1. The highest BCUT2D eigenvalue weighted by Gasteiger charge is 2.37. The third-order valence-corrected chi connectivity index (χ3v) is 4.17. The number of nitrogens with zero attached hydrogens (tertiary/aromatic N) is 3. The van der Waals surface area contributed by atoms with Crippen molar-refractivity contribution in [2.75, 3.05) is 11.9 Å². The molecule has 7 nitrogen and oxygen atoms in total. The van der Waals surface area contributed by atoms with Crippen LogP contribution in [-0.2, 0) is 23.7 Å². The predicted molar refractivity (Wildman–Crippen MR) is 82.6 cm³/mol. The minimum atomic E-state index is -0.536. The number of fused-ring (bicyclic) bond motifs is 1. The van der Waals surface area contributed by atoms with Gasteiger partial charge in [0.25, 0.3) is 5.91 Å². The number of carbonyl (C=O) groups excluding carboxylic acids is 2. The number of hydrogen-bond donors (Lipinski definition) is 1. The molecule has 1 aromatic carbocycles. The molecular weight excluding hydrogens is 284 g/mol. The molecule has 1 fully saturated rings. The molecule has 0 spiro atoms. The zero-order valence-corrected chi connectivity index (χ0v) is 12.8. The molecule has 1 aliphatic heterocycles. The topological polar surface area (TPSA) is 76.3 Å². The lowest BCUT2D eigenvalue weighted by Crippen LogP contribution is -2.34. The first-order valence-electron chi connectivity index (χ1n) is 7.20. The van der Waals surface area contributed by atoms with Crippen molar-refractivity contribution in [2.45, 2.75) is 19.4 Å². The molecule has 0 saturated carbocycles. The molecule has 1 atom stereocenters. The Labute approximate surface area is 127 Å². The number of nitrogens with one attached hydrogen (secondary N) is 1. The molecule has 0 bridgehead atoms. The Morgan fingerprint density at radius 2 is 1.82 bits per heavy atom. The molecule has 2 amide bonds. The molecule has 3 rings (SSSR count). The number of aromatic nitrogens is 2. The summed E-state index contributed by atoms with van der Waals surface area (Å²) in [5.41, 5.74) is 2.22. The molecule has 7 heteroatoms. The first kappa shape index (κ1) is 14.4. The van der Waals surface area contributed by atoms with Crippen LogP contribution in [0.25, 0.3) is 11.0 Å². The van der Waals surface area contributed by atoms with Crippen molar-refractivity contribution in [3.63, 3.8) is 0 Å². The van der Waals surface area contributed by atoms with Crippen LogP contribution in [-0.4, -0.2) is 38.4 Å².